The molecule has 0 spiro atoms. The van der Waals surface area contributed by atoms with Crippen molar-refractivity contribution in [3.8, 4) is 5.75 Å². The Kier molecular flexibility index (Phi) is 11.1. The fourth-order valence-electron chi connectivity index (χ4n) is 1.86. The Labute approximate surface area is 161 Å². The number of benzene rings is 1. The monoisotopic (exact) mass is 431 g/mol. The van der Waals surface area contributed by atoms with Gasteiger partial charge in [0.15, 0.2) is 0 Å². The van der Waals surface area contributed by atoms with Crippen molar-refractivity contribution in [1.29, 1.82) is 0 Å². The quantitative estimate of drug-likeness (QED) is 0.409. The van der Waals surface area contributed by atoms with Crippen LogP contribution in [0.3, 0.4) is 0 Å². The average molecular weight is 432 g/mol. The third kappa shape index (κ3) is 8.06. The number of rotatable bonds is 12. The molecule has 0 saturated heterocycles. The summed E-state index contributed by atoms with van der Waals surface area (Å²) in [5.74, 6) is -0.0383. The number of halogens is 1. The highest BCUT2D eigenvalue weighted by atomic mass is 35.5. The lowest BCUT2D eigenvalue weighted by molar-refractivity contribution is 0.199. The van der Waals surface area contributed by atoms with Crippen molar-refractivity contribution < 1.29 is 26.3 Å². The molecule has 1 aromatic rings. The highest BCUT2D eigenvalue weighted by Gasteiger charge is 2.20. The van der Waals surface area contributed by atoms with E-state index >= 15 is 0 Å². The Morgan fingerprint density at radius 3 is 2.31 bits per heavy atom. The SMILES string of the molecule is CCS(=O)(=O)Nc1ccc(S(=O)(=O)NCCNCCOC)c(OC)c1.Cl. The summed E-state index contributed by atoms with van der Waals surface area (Å²) in [6, 6.07) is 4.01. The minimum Gasteiger partial charge on any atom is -0.495 e. The molecule has 0 amide bonds. The van der Waals surface area contributed by atoms with Gasteiger partial charge in [-0.1, -0.05) is 0 Å². The molecular weight excluding hydrogens is 406 g/mol. The van der Waals surface area contributed by atoms with Gasteiger partial charge >= 0.3 is 0 Å². The summed E-state index contributed by atoms with van der Waals surface area (Å²) in [5.41, 5.74) is 0.235. The number of sulfonamides is 2. The van der Waals surface area contributed by atoms with Crippen LogP contribution in [-0.2, 0) is 24.8 Å². The van der Waals surface area contributed by atoms with E-state index in [1.807, 2.05) is 0 Å². The van der Waals surface area contributed by atoms with E-state index in [2.05, 4.69) is 14.8 Å². The number of anilines is 1. The van der Waals surface area contributed by atoms with E-state index in [9.17, 15) is 16.8 Å². The van der Waals surface area contributed by atoms with Crippen LogP contribution in [-0.4, -0.2) is 63.0 Å². The minimum absolute atomic E-state index is 0. The van der Waals surface area contributed by atoms with Gasteiger partial charge in [0.2, 0.25) is 20.0 Å². The zero-order valence-corrected chi connectivity index (χ0v) is 17.4. The van der Waals surface area contributed by atoms with E-state index in [0.29, 0.717) is 19.7 Å². The van der Waals surface area contributed by atoms with Crippen LogP contribution in [0.1, 0.15) is 6.92 Å². The summed E-state index contributed by atoms with van der Waals surface area (Å²) in [7, 11) is -4.34. The van der Waals surface area contributed by atoms with E-state index in [4.69, 9.17) is 9.47 Å². The molecule has 0 aromatic heterocycles. The molecule has 152 valence electrons. The van der Waals surface area contributed by atoms with E-state index in [1.165, 1.54) is 32.2 Å². The summed E-state index contributed by atoms with van der Waals surface area (Å²) in [6.07, 6.45) is 0. The van der Waals surface area contributed by atoms with Crippen molar-refractivity contribution in [2.45, 2.75) is 11.8 Å². The standard InChI is InChI=1S/C14H25N3O6S2.ClH/c1-4-24(18,19)17-12-5-6-14(13(11-12)23-3)25(20,21)16-8-7-15-9-10-22-2;/h5-6,11,15-17H,4,7-10H2,1-3H3;1H. The Morgan fingerprint density at radius 2 is 1.73 bits per heavy atom. The van der Waals surface area contributed by atoms with E-state index < -0.39 is 20.0 Å². The highest BCUT2D eigenvalue weighted by molar-refractivity contribution is 7.92. The summed E-state index contributed by atoms with van der Waals surface area (Å²) in [4.78, 5) is -0.0636. The first kappa shape index (κ1) is 24.9. The number of ether oxygens (including phenoxy) is 2. The minimum atomic E-state index is -3.79. The molecule has 0 radical (unpaired) electrons. The van der Waals surface area contributed by atoms with Gasteiger partial charge in [0.1, 0.15) is 10.6 Å². The van der Waals surface area contributed by atoms with Gasteiger partial charge in [-0.15, -0.1) is 12.4 Å². The molecule has 1 rings (SSSR count). The van der Waals surface area contributed by atoms with E-state index in [-0.39, 0.29) is 41.0 Å². The second kappa shape index (κ2) is 11.6. The maximum absolute atomic E-state index is 12.4. The molecule has 0 fully saturated rings. The van der Waals surface area contributed by atoms with Crippen LogP contribution in [0.15, 0.2) is 23.1 Å². The first-order valence-corrected chi connectivity index (χ1v) is 10.8. The average Bonchev–Trinajstić information content (AvgIpc) is 2.57. The van der Waals surface area contributed by atoms with Crippen molar-refractivity contribution >= 4 is 38.1 Å². The van der Waals surface area contributed by atoms with Crippen molar-refractivity contribution in [2.24, 2.45) is 0 Å². The lowest BCUT2D eigenvalue weighted by atomic mass is 10.3. The Hall–Kier alpha value is -1.11. The van der Waals surface area contributed by atoms with Gasteiger partial charge in [0, 0.05) is 32.8 Å². The summed E-state index contributed by atoms with van der Waals surface area (Å²) in [6.45, 7) is 3.30. The molecule has 0 aliphatic carbocycles. The predicted octanol–water partition coefficient (Wildman–Crippen LogP) is 0.393. The molecule has 12 heteroatoms. The third-order valence-corrected chi connectivity index (χ3v) is 5.99. The molecule has 0 unspecified atom stereocenters. The van der Waals surface area contributed by atoms with Crippen LogP contribution in [0.25, 0.3) is 0 Å². The molecular formula is C14H26ClN3O6S2. The van der Waals surface area contributed by atoms with Crippen molar-refractivity contribution in [3.05, 3.63) is 18.2 Å². The number of hydrogen-bond donors (Lipinski definition) is 3. The summed E-state index contributed by atoms with van der Waals surface area (Å²) in [5, 5.41) is 3.02. The van der Waals surface area contributed by atoms with Gasteiger partial charge < -0.3 is 14.8 Å². The Morgan fingerprint density at radius 1 is 1.04 bits per heavy atom. The molecule has 9 nitrogen and oxygen atoms in total. The van der Waals surface area contributed by atoms with Crippen LogP contribution in [0.5, 0.6) is 5.75 Å². The summed E-state index contributed by atoms with van der Waals surface area (Å²) < 4.78 is 62.7. The molecule has 0 bridgehead atoms. The third-order valence-electron chi connectivity index (χ3n) is 3.18. The molecule has 26 heavy (non-hydrogen) atoms. The highest BCUT2D eigenvalue weighted by Crippen LogP contribution is 2.27. The maximum Gasteiger partial charge on any atom is 0.244 e. The Bertz CT molecular complexity index is 756. The second-order valence-corrected chi connectivity index (χ2v) is 8.76. The van der Waals surface area contributed by atoms with E-state index in [0.717, 1.165) is 0 Å². The zero-order chi connectivity index (χ0) is 18.9. The molecule has 1 aromatic carbocycles. The smallest absolute Gasteiger partial charge is 0.244 e. The lowest BCUT2D eigenvalue weighted by Crippen LogP contribution is -2.33. The van der Waals surface area contributed by atoms with Crippen molar-refractivity contribution in [1.82, 2.24) is 10.0 Å². The van der Waals surface area contributed by atoms with Crippen LogP contribution in [0.4, 0.5) is 5.69 Å². The van der Waals surface area contributed by atoms with Gasteiger partial charge in [-0.2, -0.15) is 0 Å². The fraction of sp³-hybridized carbons (Fsp3) is 0.571. The molecule has 3 N–H and O–H groups in total. The summed E-state index contributed by atoms with van der Waals surface area (Å²) >= 11 is 0. The van der Waals surface area contributed by atoms with Crippen molar-refractivity contribution in [2.75, 3.05) is 50.9 Å². The van der Waals surface area contributed by atoms with Crippen molar-refractivity contribution in [3.63, 3.8) is 0 Å². The molecule has 0 aliphatic heterocycles. The van der Waals surface area contributed by atoms with Crippen LogP contribution in [0, 0.1) is 0 Å². The lowest BCUT2D eigenvalue weighted by Gasteiger charge is -2.13. The van der Waals surface area contributed by atoms with Crippen LogP contribution < -0.4 is 19.5 Å². The number of methoxy groups -OCH3 is 2. The molecule has 0 atom stereocenters. The number of nitrogens with one attached hydrogen (secondary N) is 3. The first-order valence-electron chi connectivity index (χ1n) is 7.63. The molecule has 0 heterocycles. The predicted molar refractivity (Wildman–Crippen MR) is 103 cm³/mol. The first-order chi connectivity index (χ1) is 11.8. The van der Waals surface area contributed by atoms with Gasteiger partial charge in [-0.05, 0) is 19.1 Å². The van der Waals surface area contributed by atoms with Crippen LogP contribution in [0.2, 0.25) is 0 Å². The zero-order valence-electron chi connectivity index (χ0n) is 14.9. The van der Waals surface area contributed by atoms with Gasteiger partial charge in [0.05, 0.1) is 25.2 Å². The number of hydrogen-bond acceptors (Lipinski definition) is 7. The fourth-order valence-corrected chi connectivity index (χ4v) is 3.67. The normalized spacial score (nSPS) is 11.7. The largest absolute Gasteiger partial charge is 0.495 e. The second-order valence-electron chi connectivity index (χ2n) is 5.01. The van der Waals surface area contributed by atoms with Crippen LogP contribution >= 0.6 is 12.4 Å². The van der Waals surface area contributed by atoms with Gasteiger partial charge in [0.25, 0.3) is 0 Å². The maximum atomic E-state index is 12.4. The van der Waals surface area contributed by atoms with Gasteiger partial charge in [-0.25, -0.2) is 21.6 Å². The Balaban J connectivity index is 0.00000625. The molecule has 0 saturated carbocycles. The van der Waals surface area contributed by atoms with Gasteiger partial charge in [-0.3, -0.25) is 4.72 Å². The van der Waals surface area contributed by atoms with E-state index in [1.54, 1.807) is 7.11 Å². The molecule has 0 aliphatic rings. The topological polar surface area (TPSA) is 123 Å².